The van der Waals surface area contributed by atoms with Crippen molar-refractivity contribution in [2.75, 3.05) is 5.32 Å². The molecule has 0 atom stereocenters. The molecule has 144 valence electrons. The summed E-state index contributed by atoms with van der Waals surface area (Å²) in [5, 5.41) is 12.0. The molecule has 7 heteroatoms. The fourth-order valence-corrected chi connectivity index (χ4v) is 3.25. The van der Waals surface area contributed by atoms with Gasteiger partial charge in [-0.05, 0) is 24.5 Å². The largest absolute Gasteiger partial charge is 0.331 e. The van der Waals surface area contributed by atoms with Crippen molar-refractivity contribution < 1.29 is 4.79 Å². The van der Waals surface area contributed by atoms with E-state index in [1.807, 2.05) is 48.5 Å². The van der Waals surface area contributed by atoms with Crippen molar-refractivity contribution in [3.8, 4) is 17.2 Å². The van der Waals surface area contributed by atoms with E-state index < -0.39 is 23.7 Å². The first-order valence-electron chi connectivity index (χ1n) is 9.29. The number of carbonyl (C=O) groups excluding carboxylic acids is 1. The average molecular weight is 386 g/mol. The van der Waals surface area contributed by atoms with E-state index in [1.54, 1.807) is 12.1 Å². The van der Waals surface area contributed by atoms with Crippen molar-refractivity contribution in [1.82, 2.24) is 9.13 Å². The Kier molecular flexibility index (Phi) is 4.83. The molecule has 3 aromatic rings. The summed E-state index contributed by atoms with van der Waals surface area (Å²) in [5.74, 6) is -0.509. The molecule has 0 aliphatic heterocycles. The molecule has 1 saturated carbocycles. The third kappa shape index (κ3) is 3.73. The van der Waals surface area contributed by atoms with E-state index in [2.05, 4.69) is 5.32 Å². The summed E-state index contributed by atoms with van der Waals surface area (Å²) in [6, 6.07) is 18.7. The van der Waals surface area contributed by atoms with Crippen molar-refractivity contribution >= 4 is 11.6 Å². The standard InChI is InChI=1S/C22H18N4O3/c23-12-16-13-25(17-10-11-17)22(29)26(21(16)28)14-20(27)24-19-9-5-4-8-18(19)15-6-2-1-3-7-15/h1-9,13,17H,10-11,14H2,(H,24,27). The number of nitrogens with one attached hydrogen (secondary N) is 1. The highest BCUT2D eigenvalue weighted by atomic mass is 16.2. The van der Waals surface area contributed by atoms with Gasteiger partial charge in [0.05, 0.1) is 0 Å². The maximum atomic E-state index is 12.7. The predicted molar refractivity (Wildman–Crippen MR) is 108 cm³/mol. The molecule has 29 heavy (non-hydrogen) atoms. The van der Waals surface area contributed by atoms with Crippen LogP contribution in [-0.4, -0.2) is 15.0 Å². The number of aromatic nitrogens is 2. The summed E-state index contributed by atoms with van der Waals surface area (Å²) in [6.45, 7) is -0.455. The summed E-state index contributed by atoms with van der Waals surface area (Å²) < 4.78 is 2.21. The van der Waals surface area contributed by atoms with Gasteiger partial charge in [0.25, 0.3) is 5.56 Å². The van der Waals surface area contributed by atoms with E-state index in [4.69, 9.17) is 0 Å². The highest BCUT2D eigenvalue weighted by Crippen LogP contribution is 2.33. The van der Waals surface area contributed by atoms with Crippen LogP contribution in [0.15, 0.2) is 70.4 Å². The van der Waals surface area contributed by atoms with E-state index in [1.165, 1.54) is 10.8 Å². The molecule has 1 heterocycles. The van der Waals surface area contributed by atoms with Gasteiger partial charge in [0, 0.05) is 23.5 Å². The Labute approximate surface area is 166 Å². The van der Waals surface area contributed by atoms with Gasteiger partial charge in [0.2, 0.25) is 5.91 Å². The molecular weight excluding hydrogens is 368 g/mol. The molecule has 1 aliphatic rings. The predicted octanol–water partition coefficient (Wildman–Crippen LogP) is 2.52. The number of carbonyl (C=O) groups is 1. The lowest BCUT2D eigenvalue weighted by atomic mass is 10.0. The van der Waals surface area contributed by atoms with Crippen LogP contribution in [-0.2, 0) is 11.3 Å². The summed E-state index contributed by atoms with van der Waals surface area (Å²) in [5.41, 5.74) is 0.881. The molecule has 0 saturated heterocycles. The third-order valence-corrected chi connectivity index (χ3v) is 4.84. The number of para-hydroxylation sites is 1. The van der Waals surface area contributed by atoms with E-state index in [0.717, 1.165) is 28.5 Å². The number of benzene rings is 2. The maximum absolute atomic E-state index is 12.7. The fourth-order valence-electron chi connectivity index (χ4n) is 3.25. The van der Waals surface area contributed by atoms with E-state index in [0.29, 0.717) is 5.69 Å². The Morgan fingerprint density at radius 3 is 2.45 bits per heavy atom. The zero-order valence-corrected chi connectivity index (χ0v) is 15.5. The molecule has 0 unspecified atom stereocenters. The van der Waals surface area contributed by atoms with Crippen LogP contribution >= 0.6 is 0 Å². The second-order valence-electron chi connectivity index (χ2n) is 6.93. The van der Waals surface area contributed by atoms with E-state index in [-0.39, 0.29) is 11.6 Å². The number of rotatable bonds is 5. The molecule has 1 amide bonds. The van der Waals surface area contributed by atoms with E-state index in [9.17, 15) is 19.6 Å². The van der Waals surface area contributed by atoms with Crippen molar-refractivity contribution in [1.29, 1.82) is 5.26 Å². The Hall–Kier alpha value is -3.92. The van der Waals surface area contributed by atoms with Crippen LogP contribution in [0, 0.1) is 11.3 Å². The van der Waals surface area contributed by atoms with Gasteiger partial charge in [-0.25, -0.2) is 9.36 Å². The van der Waals surface area contributed by atoms with Crippen LogP contribution in [0.3, 0.4) is 0 Å². The lowest BCUT2D eigenvalue weighted by Crippen LogP contribution is -2.43. The molecule has 1 fully saturated rings. The smallest absolute Gasteiger partial charge is 0.324 e. The van der Waals surface area contributed by atoms with Crippen LogP contribution in [0.4, 0.5) is 5.69 Å². The molecule has 7 nitrogen and oxygen atoms in total. The van der Waals surface area contributed by atoms with Crippen molar-refractivity contribution in [2.24, 2.45) is 0 Å². The Morgan fingerprint density at radius 2 is 1.76 bits per heavy atom. The minimum atomic E-state index is -0.749. The average Bonchev–Trinajstić information content (AvgIpc) is 3.57. The van der Waals surface area contributed by atoms with Crippen LogP contribution in [0.25, 0.3) is 11.1 Å². The Balaban J connectivity index is 1.64. The van der Waals surface area contributed by atoms with Crippen molar-refractivity contribution in [3.05, 3.63) is 87.2 Å². The summed E-state index contributed by atoms with van der Waals surface area (Å²) in [6.07, 6.45) is 2.93. The molecule has 4 rings (SSSR count). The summed E-state index contributed by atoms with van der Waals surface area (Å²) >= 11 is 0. The minimum Gasteiger partial charge on any atom is -0.324 e. The molecule has 0 spiro atoms. The van der Waals surface area contributed by atoms with Crippen LogP contribution in [0.5, 0.6) is 0 Å². The minimum absolute atomic E-state index is 0.0108. The molecular formula is C22H18N4O3. The van der Waals surface area contributed by atoms with Gasteiger partial charge in [-0.3, -0.25) is 14.2 Å². The number of nitriles is 1. The monoisotopic (exact) mass is 386 g/mol. The first-order chi connectivity index (χ1) is 14.1. The maximum Gasteiger partial charge on any atom is 0.331 e. The molecule has 2 aromatic carbocycles. The lowest BCUT2D eigenvalue weighted by Gasteiger charge is -2.13. The molecule has 0 radical (unpaired) electrons. The van der Waals surface area contributed by atoms with Gasteiger partial charge in [-0.15, -0.1) is 0 Å². The van der Waals surface area contributed by atoms with Crippen LogP contribution < -0.4 is 16.6 Å². The number of hydrogen-bond acceptors (Lipinski definition) is 4. The van der Waals surface area contributed by atoms with Gasteiger partial charge >= 0.3 is 5.69 Å². The summed E-state index contributed by atoms with van der Waals surface area (Å²) in [4.78, 5) is 37.8. The topological polar surface area (TPSA) is 96.9 Å². The third-order valence-electron chi connectivity index (χ3n) is 4.84. The van der Waals surface area contributed by atoms with Crippen molar-refractivity contribution in [2.45, 2.75) is 25.4 Å². The Morgan fingerprint density at radius 1 is 1.07 bits per heavy atom. The lowest BCUT2D eigenvalue weighted by molar-refractivity contribution is -0.116. The molecule has 1 aliphatic carbocycles. The van der Waals surface area contributed by atoms with Crippen LogP contribution in [0.2, 0.25) is 0 Å². The highest BCUT2D eigenvalue weighted by Gasteiger charge is 2.27. The zero-order chi connectivity index (χ0) is 20.4. The Bertz CT molecular complexity index is 1230. The van der Waals surface area contributed by atoms with Gasteiger partial charge in [-0.1, -0.05) is 48.5 Å². The second kappa shape index (κ2) is 7.60. The van der Waals surface area contributed by atoms with Crippen LogP contribution in [0.1, 0.15) is 24.4 Å². The quantitative estimate of drug-likeness (QED) is 0.729. The van der Waals surface area contributed by atoms with Gasteiger partial charge < -0.3 is 5.32 Å². The number of amides is 1. The molecule has 1 N–H and O–H groups in total. The van der Waals surface area contributed by atoms with Crippen molar-refractivity contribution in [3.63, 3.8) is 0 Å². The number of hydrogen-bond donors (Lipinski definition) is 1. The normalized spacial score (nSPS) is 12.9. The molecule has 0 bridgehead atoms. The highest BCUT2D eigenvalue weighted by molar-refractivity contribution is 5.95. The molecule has 1 aromatic heterocycles. The number of anilines is 1. The fraction of sp³-hybridized carbons (Fsp3) is 0.182. The first kappa shape index (κ1) is 18.4. The van der Waals surface area contributed by atoms with Gasteiger partial charge in [0.15, 0.2) is 0 Å². The van der Waals surface area contributed by atoms with Gasteiger partial charge in [-0.2, -0.15) is 5.26 Å². The van der Waals surface area contributed by atoms with Gasteiger partial charge in [0.1, 0.15) is 18.2 Å². The SMILES string of the molecule is N#Cc1cn(C2CC2)c(=O)n(CC(=O)Nc2ccccc2-c2ccccc2)c1=O. The zero-order valence-electron chi connectivity index (χ0n) is 15.5. The first-order valence-corrected chi connectivity index (χ1v) is 9.29. The second-order valence-corrected chi connectivity index (χ2v) is 6.93. The number of nitrogens with zero attached hydrogens (tertiary/aromatic N) is 3. The summed E-state index contributed by atoms with van der Waals surface area (Å²) in [7, 11) is 0. The van der Waals surface area contributed by atoms with E-state index >= 15 is 0 Å².